The molecule has 1 atom stereocenters. The van der Waals surface area contributed by atoms with E-state index in [2.05, 4.69) is 16.9 Å². The molecule has 0 radical (unpaired) electrons. The van der Waals surface area contributed by atoms with Crippen LogP contribution in [0.3, 0.4) is 0 Å². The van der Waals surface area contributed by atoms with Gasteiger partial charge in [0.05, 0.1) is 16.7 Å². The monoisotopic (exact) mass is 352 g/mol. The van der Waals surface area contributed by atoms with E-state index in [0.29, 0.717) is 5.92 Å². The lowest BCUT2D eigenvalue weighted by molar-refractivity contribution is 0.130. The maximum atomic E-state index is 13.2. The predicted octanol–water partition coefficient (Wildman–Crippen LogP) is 3.58. The van der Waals surface area contributed by atoms with E-state index in [0.717, 1.165) is 25.7 Å². The second-order valence-corrected chi connectivity index (χ2v) is 8.35. The van der Waals surface area contributed by atoms with Crippen molar-refractivity contribution in [2.75, 3.05) is 6.54 Å². The molecule has 1 aromatic rings. The summed E-state index contributed by atoms with van der Waals surface area (Å²) in [4.78, 5) is 2.70. The minimum atomic E-state index is -3.86. The third kappa shape index (κ3) is 4.27. The van der Waals surface area contributed by atoms with E-state index in [4.69, 9.17) is 5.53 Å². The molecule has 8 heteroatoms. The fraction of sp³-hybridized carbons (Fsp3) is 0.625. The molecule has 132 valence electrons. The Bertz CT molecular complexity index is 706. The Morgan fingerprint density at radius 3 is 2.54 bits per heavy atom. The highest BCUT2D eigenvalue weighted by Crippen LogP contribution is 2.33. The Hall–Kier alpha value is -1.60. The van der Waals surface area contributed by atoms with Crippen LogP contribution in [-0.2, 0) is 10.0 Å². The van der Waals surface area contributed by atoms with Gasteiger partial charge < -0.3 is 5.11 Å². The lowest BCUT2D eigenvalue weighted by Gasteiger charge is -2.36. The molecule has 1 saturated carbocycles. The summed E-state index contributed by atoms with van der Waals surface area (Å²) in [5.41, 5.74) is 8.76. The van der Waals surface area contributed by atoms with E-state index in [1.54, 1.807) is 19.1 Å². The van der Waals surface area contributed by atoms with E-state index < -0.39 is 16.1 Å². The molecule has 0 amide bonds. The number of azide groups is 1. The van der Waals surface area contributed by atoms with Gasteiger partial charge in [-0.05, 0) is 50.1 Å². The number of benzene rings is 1. The summed E-state index contributed by atoms with van der Waals surface area (Å²) < 4.78 is 27.7. The molecule has 1 aliphatic rings. The first-order valence-electron chi connectivity index (χ1n) is 8.20. The van der Waals surface area contributed by atoms with Crippen molar-refractivity contribution in [2.45, 2.75) is 56.6 Å². The van der Waals surface area contributed by atoms with E-state index in [1.807, 2.05) is 0 Å². The third-order valence-electron chi connectivity index (χ3n) is 4.44. The van der Waals surface area contributed by atoms with Gasteiger partial charge >= 0.3 is 0 Å². The molecule has 0 saturated heterocycles. The quantitative estimate of drug-likeness (QED) is 0.480. The Balaban J connectivity index is 2.42. The van der Waals surface area contributed by atoms with E-state index in [1.165, 1.54) is 16.4 Å². The zero-order chi connectivity index (χ0) is 17.7. The molecule has 0 aromatic heterocycles. The molecule has 24 heavy (non-hydrogen) atoms. The molecule has 1 fully saturated rings. The van der Waals surface area contributed by atoms with Gasteiger partial charge in [0.15, 0.2) is 0 Å². The minimum absolute atomic E-state index is 0.0120. The Morgan fingerprint density at radius 1 is 1.33 bits per heavy atom. The molecular weight excluding hydrogens is 328 g/mol. The van der Waals surface area contributed by atoms with Crippen molar-refractivity contribution in [3.63, 3.8) is 0 Å². The van der Waals surface area contributed by atoms with Crippen LogP contribution in [0.1, 0.15) is 39.5 Å². The van der Waals surface area contributed by atoms with Gasteiger partial charge in [-0.3, -0.25) is 0 Å². The summed E-state index contributed by atoms with van der Waals surface area (Å²) in [6, 6.07) is 6.02. The first-order valence-corrected chi connectivity index (χ1v) is 9.64. The molecular formula is C16H24N4O3S. The molecule has 1 N–H and O–H groups in total. The van der Waals surface area contributed by atoms with Gasteiger partial charge in [-0.15, -0.1) is 0 Å². The predicted molar refractivity (Wildman–Crippen MR) is 92.2 cm³/mol. The Labute approximate surface area is 143 Å². The molecule has 0 spiro atoms. The van der Waals surface area contributed by atoms with Crippen molar-refractivity contribution < 1.29 is 13.5 Å². The normalized spacial score (nSPS) is 22.8. The summed E-state index contributed by atoms with van der Waals surface area (Å²) >= 11 is 0. The van der Waals surface area contributed by atoms with Gasteiger partial charge in [-0.1, -0.05) is 30.2 Å². The van der Waals surface area contributed by atoms with E-state index in [-0.39, 0.29) is 23.2 Å². The van der Waals surface area contributed by atoms with Gasteiger partial charge in [0, 0.05) is 17.5 Å². The summed E-state index contributed by atoms with van der Waals surface area (Å²) in [7, 11) is -3.86. The highest BCUT2D eigenvalue weighted by molar-refractivity contribution is 7.89. The van der Waals surface area contributed by atoms with Crippen molar-refractivity contribution in [3.8, 4) is 0 Å². The van der Waals surface area contributed by atoms with Crippen LogP contribution in [0.5, 0.6) is 0 Å². The lowest BCUT2D eigenvalue weighted by atomic mass is 9.87. The highest BCUT2D eigenvalue weighted by atomic mass is 32.2. The van der Waals surface area contributed by atoms with E-state index >= 15 is 0 Å². The maximum absolute atomic E-state index is 13.2. The number of hydrogen-bond acceptors (Lipinski definition) is 4. The molecule has 7 nitrogen and oxygen atoms in total. The molecule has 1 unspecified atom stereocenters. The van der Waals surface area contributed by atoms with Crippen LogP contribution in [0, 0.1) is 5.92 Å². The van der Waals surface area contributed by atoms with Crippen LogP contribution in [0.25, 0.3) is 10.4 Å². The molecule has 0 aliphatic heterocycles. The number of sulfonamides is 1. The summed E-state index contributed by atoms with van der Waals surface area (Å²) in [6.07, 6.45) is 2.71. The fourth-order valence-corrected chi connectivity index (χ4v) is 5.06. The SMILES string of the molecule is CC(O)CN(C1CCC(C)CC1)S(=O)(=O)c1ccccc1N=[N+]=[N-]. The van der Waals surface area contributed by atoms with Crippen molar-refractivity contribution in [1.29, 1.82) is 0 Å². The van der Waals surface area contributed by atoms with Gasteiger partial charge in [-0.2, -0.15) is 4.31 Å². The number of nitrogens with zero attached hydrogens (tertiary/aromatic N) is 4. The van der Waals surface area contributed by atoms with Gasteiger partial charge in [0.25, 0.3) is 0 Å². The van der Waals surface area contributed by atoms with Crippen LogP contribution in [0.15, 0.2) is 34.3 Å². The second kappa shape index (κ2) is 7.98. The van der Waals surface area contributed by atoms with Crippen LogP contribution in [0.4, 0.5) is 5.69 Å². The van der Waals surface area contributed by atoms with Crippen molar-refractivity contribution in [1.82, 2.24) is 4.31 Å². The molecule has 0 bridgehead atoms. The number of hydrogen-bond donors (Lipinski definition) is 1. The molecule has 2 rings (SSSR count). The number of aliphatic hydroxyl groups excluding tert-OH is 1. The first-order chi connectivity index (χ1) is 11.4. The van der Waals surface area contributed by atoms with Crippen LogP contribution in [0.2, 0.25) is 0 Å². The molecule has 0 heterocycles. The molecule has 1 aromatic carbocycles. The standard InChI is InChI=1S/C16H24N4O3S/c1-12-7-9-14(10-8-12)20(11-13(2)21)24(22,23)16-6-4-3-5-15(16)18-19-17/h3-6,12-14,21H,7-11H2,1-2H3. The number of rotatable bonds is 6. The topological polar surface area (TPSA) is 106 Å². The number of aliphatic hydroxyl groups is 1. The second-order valence-electron chi connectivity index (χ2n) is 6.49. The van der Waals surface area contributed by atoms with Crippen molar-refractivity contribution >= 4 is 15.7 Å². The summed E-state index contributed by atoms with van der Waals surface area (Å²) in [6.45, 7) is 3.78. The average molecular weight is 352 g/mol. The third-order valence-corrected chi connectivity index (χ3v) is 6.41. The summed E-state index contributed by atoms with van der Waals surface area (Å²) in [5, 5.41) is 13.3. The zero-order valence-corrected chi connectivity index (χ0v) is 14.9. The van der Waals surface area contributed by atoms with Crippen LogP contribution < -0.4 is 0 Å². The zero-order valence-electron chi connectivity index (χ0n) is 14.0. The van der Waals surface area contributed by atoms with Crippen LogP contribution >= 0.6 is 0 Å². The highest BCUT2D eigenvalue weighted by Gasteiger charge is 2.35. The lowest BCUT2D eigenvalue weighted by Crippen LogP contribution is -2.45. The summed E-state index contributed by atoms with van der Waals surface area (Å²) in [5.74, 6) is 0.591. The molecule has 1 aliphatic carbocycles. The van der Waals surface area contributed by atoms with Crippen LogP contribution in [-0.4, -0.2) is 36.5 Å². The average Bonchev–Trinajstić information content (AvgIpc) is 2.54. The van der Waals surface area contributed by atoms with Gasteiger partial charge in [0.1, 0.15) is 0 Å². The van der Waals surface area contributed by atoms with Gasteiger partial charge in [-0.25, -0.2) is 8.42 Å². The van der Waals surface area contributed by atoms with Gasteiger partial charge in [0.2, 0.25) is 10.0 Å². The largest absolute Gasteiger partial charge is 0.392 e. The first kappa shape index (κ1) is 18.7. The Kier molecular flexibility index (Phi) is 6.23. The minimum Gasteiger partial charge on any atom is -0.392 e. The Morgan fingerprint density at radius 2 is 1.96 bits per heavy atom. The smallest absolute Gasteiger partial charge is 0.243 e. The fourth-order valence-electron chi connectivity index (χ4n) is 3.17. The van der Waals surface area contributed by atoms with Crippen molar-refractivity contribution in [2.24, 2.45) is 11.0 Å². The van der Waals surface area contributed by atoms with E-state index in [9.17, 15) is 13.5 Å². The van der Waals surface area contributed by atoms with Crippen molar-refractivity contribution in [3.05, 3.63) is 34.7 Å². The maximum Gasteiger partial charge on any atom is 0.243 e.